The number of ether oxygens (including phenoxy) is 1. The van der Waals surface area contributed by atoms with Crippen molar-refractivity contribution in [1.82, 2.24) is 5.32 Å². The number of rotatable bonds is 4. The lowest BCUT2D eigenvalue weighted by atomic mass is 9.94. The summed E-state index contributed by atoms with van der Waals surface area (Å²) in [5, 5.41) is 13.0. The maximum absolute atomic E-state index is 9.43. The Morgan fingerprint density at radius 3 is 2.43 bits per heavy atom. The molecule has 0 aromatic rings. The molecule has 0 radical (unpaired) electrons. The van der Waals surface area contributed by atoms with Crippen LogP contribution in [-0.2, 0) is 4.74 Å². The van der Waals surface area contributed by atoms with E-state index in [1.807, 2.05) is 0 Å². The van der Waals surface area contributed by atoms with Gasteiger partial charge in [-0.25, -0.2) is 0 Å². The van der Waals surface area contributed by atoms with Crippen molar-refractivity contribution in [1.29, 1.82) is 0 Å². The molecule has 2 aliphatic rings. The minimum atomic E-state index is -0.0397. The van der Waals surface area contributed by atoms with Crippen LogP contribution in [0.3, 0.4) is 0 Å². The molecule has 1 aliphatic heterocycles. The zero-order valence-corrected chi connectivity index (χ0v) is 8.96. The Balaban J connectivity index is 1.86. The summed E-state index contributed by atoms with van der Waals surface area (Å²) in [7, 11) is 0. The summed E-state index contributed by atoms with van der Waals surface area (Å²) in [5.74, 6) is 0.690. The van der Waals surface area contributed by atoms with Crippen LogP contribution < -0.4 is 5.32 Å². The summed E-state index contributed by atoms with van der Waals surface area (Å²) in [6.07, 6.45) is 4.71. The highest BCUT2D eigenvalue weighted by Crippen LogP contribution is 2.39. The predicted octanol–water partition coefficient (Wildman–Crippen LogP) is 0.916. The molecular formula is C11H21NO2. The Bertz CT molecular complexity index is 188. The molecule has 3 nitrogen and oxygen atoms in total. The highest BCUT2D eigenvalue weighted by molar-refractivity contribution is 4.99. The fourth-order valence-electron chi connectivity index (χ4n) is 2.32. The first-order valence-corrected chi connectivity index (χ1v) is 5.71. The van der Waals surface area contributed by atoms with E-state index in [1.165, 1.54) is 12.8 Å². The van der Waals surface area contributed by atoms with Gasteiger partial charge in [0, 0.05) is 24.8 Å². The molecule has 2 fully saturated rings. The molecule has 0 aromatic heterocycles. The van der Waals surface area contributed by atoms with Crippen LogP contribution >= 0.6 is 0 Å². The van der Waals surface area contributed by atoms with Crippen molar-refractivity contribution in [2.75, 3.05) is 19.8 Å². The highest BCUT2D eigenvalue weighted by atomic mass is 16.5. The number of nitrogens with one attached hydrogen (secondary N) is 1. The Hall–Kier alpha value is -0.120. The second-order valence-corrected chi connectivity index (χ2v) is 4.88. The molecule has 3 heteroatoms. The normalized spacial score (nSPS) is 28.7. The fourth-order valence-corrected chi connectivity index (χ4v) is 2.32. The van der Waals surface area contributed by atoms with Crippen molar-refractivity contribution in [3.8, 4) is 0 Å². The van der Waals surface area contributed by atoms with Crippen LogP contribution in [0.2, 0.25) is 0 Å². The molecule has 1 heterocycles. The quantitative estimate of drug-likeness (QED) is 0.707. The van der Waals surface area contributed by atoms with E-state index >= 15 is 0 Å². The van der Waals surface area contributed by atoms with Crippen molar-refractivity contribution < 1.29 is 9.84 Å². The molecule has 0 spiro atoms. The molecular weight excluding hydrogens is 178 g/mol. The molecule has 1 saturated heterocycles. The predicted molar refractivity (Wildman–Crippen MR) is 55.2 cm³/mol. The fraction of sp³-hybridized carbons (Fsp3) is 1.00. The molecule has 14 heavy (non-hydrogen) atoms. The van der Waals surface area contributed by atoms with Gasteiger partial charge in [0.25, 0.3) is 0 Å². The van der Waals surface area contributed by atoms with E-state index < -0.39 is 0 Å². The topological polar surface area (TPSA) is 41.5 Å². The van der Waals surface area contributed by atoms with Crippen LogP contribution in [0, 0.1) is 5.92 Å². The van der Waals surface area contributed by atoms with Gasteiger partial charge in [-0.3, -0.25) is 0 Å². The van der Waals surface area contributed by atoms with Crippen molar-refractivity contribution >= 4 is 0 Å². The lowest BCUT2D eigenvalue weighted by Crippen LogP contribution is -2.53. The molecule has 2 rings (SSSR count). The van der Waals surface area contributed by atoms with Crippen LogP contribution in [0.15, 0.2) is 0 Å². The monoisotopic (exact) mass is 199 g/mol. The molecule has 82 valence electrons. The zero-order valence-electron chi connectivity index (χ0n) is 8.96. The molecule has 2 N–H and O–H groups in total. The van der Waals surface area contributed by atoms with Gasteiger partial charge in [-0.2, -0.15) is 0 Å². The third-order valence-corrected chi connectivity index (χ3v) is 3.56. The van der Waals surface area contributed by atoms with Gasteiger partial charge in [-0.1, -0.05) is 0 Å². The van der Waals surface area contributed by atoms with E-state index in [0.29, 0.717) is 12.0 Å². The minimum Gasteiger partial charge on any atom is -0.394 e. The first-order chi connectivity index (χ1) is 6.74. The molecule has 1 saturated carbocycles. The van der Waals surface area contributed by atoms with E-state index in [0.717, 1.165) is 26.1 Å². The van der Waals surface area contributed by atoms with Gasteiger partial charge in [0.2, 0.25) is 0 Å². The zero-order chi connectivity index (χ0) is 10.0. The second-order valence-electron chi connectivity index (χ2n) is 4.88. The van der Waals surface area contributed by atoms with E-state index in [1.54, 1.807) is 0 Å². The molecule has 0 amide bonds. The average molecular weight is 199 g/mol. The SMILES string of the molecule is CC(CO)(NC1CCOCC1)C1CC1. The van der Waals surface area contributed by atoms with Crippen LogP contribution in [0.5, 0.6) is 0 Å². The summed E-state index contributed by atoms with van der Waals surface area (Å²) in [4.78, 5) is 0. The van der Waals surface area contributed by atoms with Gasteiger partial charge < -0.3 is 15.2 Å². The van der Waals surface area contributed by atoms with Gasteiger partial charge in [-0.15, -0.1) is 0 Å². The summed E-state index contributed by atoms with van der Waals surface area (Å²) >= 11 is 0. The lowest BCUT2D eigenvalue weighted by Gasteiger charge is -2.35. The Morgan fingerprint density at radius 2 is 1.93 bits per heavy atom. The van der Waals surface area contributed by atoms with Crippen LogP contribution in [0.25, 0.3) is 0 Å². The largest absolute Gasteiger partial charge is 0.394 e. The summed E-state index contributed by atoms with van der Waals surface area (Å²) in [6, 6.07) is 0.543. The average Bonchev–Trinajstić information content (AvgIpc) is 3.03. The maximum atomic E-state index is 9.43. The third-order valence-electron chi connectivity index (χ3n) is 3.56. The van der Waals surface area contributed by atoms with E-state index in [9.17, 15) is 5.11 Å². The van der Waals surface area contributed by atoms with Crippen LogP contribution in [0.1, 0.15) is 32.6 Å². The summed E-state index contributed by atoms with van der Waals surface area (Å²) < 4.78 is 5.32. The summed E-state index contributed by atoms with van der Waals surface area (Å²) in [5.41, 5.74) is -0.0397. The minimum absolute atomic E-state index is 0.0397. The Labute approximate surface area is 85.8 Å². The van der Waals surface area contributed by atoms with E-state index in [2.05, 4.69) is 12.2 Å². The molecule has 1 unspecified atom stereocenters. The number of aliphatic hydroxyl groups is 1. The Morgan fingerprint density at radius 1 is 1.29 bits per heavy atom. The summed E-state index contributed by atoms with van der Waals surface area (Å²) in [6.45, 7) is 4.14. The molecule has 1 aliphatic carbocycles. The third kappa shape index (κ3) is 2.27. The van der Waals surface area contributed by atoms with Crippen molar-refractivity contribution in [3.63, 3.8) is 0 Å². The van der Waals surface area contributed by atoms with Crippen molar-refractivity contribution in [3.05, 3.63) is 0 Å². The highest BCUT2D eigenvalue weighted by Gasteiger charge is 2.42. The van der Waals surface area contributed by atoms with Crippen molar-refractivity contribution in [2.24, 2.45) is 5.92 Å². The number of aliphatic hydroxyl groups excluding tert-OH is 1. The first kappa shape index (κ1) is 10.4. The van der Waals surface area contributed by atoms with Crippen LogP contribution in [-0.4, -0.2) is 36.5 Å². The maximum Gasteiger partial charge on any atom is 0.0613 e. The molecule has 0 aromatic carbocycles. The van der Waals surface area contributed by atoms with E-state index in [-0.39, 0.29) is 12.1 Å². The number of hydrogen-bond acceptors (Lipinski definition) is 3. The van der Waals surface area contributed by atoms with Crippen LogP contribution in [0.4, 0.5) is 0 Å². The Kier molecular flexibility index (Phi) is 3.10. The second kappa shape index (κ2) is 4.17. The number of hydrogen-bond donors (Lipinski definition) is 2. The smallest absolute Gasteiger partial charge is 0.0613 e. The van der Waals surface area contributed by atoms with Gasteiger partial charge in [-0.05, 0) is 38.5 Å². The van der Waals surface area contributed by atoms with Crippen molar-refractivity contribution in [2.45, 2.75) is 44.2 Å². The molecule has 0 bridgehead atoms. The van der Waals surface area contributed by atoms with E-state index in [4.69, 9.17) is 4.74 Å². The van der Waals surface area contributed by atoms with Gasteiger partial charge in [0.1, 0.15) is 0 Å². The van der Waals surface area contributed by atoms with Gasteiger partial charge >= 0.3 is 0 Å². The first-order valence-electron chi connectivity index (χ1n) is 5.71. The van der Waals surface area contributed by atoms with Gasteiger partial charge in [0.05, 0.1) is 6.61 Å². The molecule has 1 atom stereocenters. The van der Waals surface area contributed by atoms with Gasteiger partial charge in [0.15, 0.2) is 0 Å². The standard InChI is InChI=1S/C11H21NO2/c1-11(8-13,9-2-3-9)12-10-4-6-14-7-5-10/h9-10,12-13H,2-8H2,1H3. The lowest BCUT2D eigenvalue weighted by molar-refractivity contribution is 0.0561.